The smallest absolute Gasteiger partial charge is 0.306 e. The van der Waals surface area contributed by atoms with Gasteiger partial charge in [0.25, 0.3) is 0 Å². The summed E-state index contributed by atoms with van der Waals surface area (Å²) in [5.41, 5.74) is 2.02. The number of methoxy groups -OCH3 is 2. The van der Waals surface area contributed by atoms with Gasteiger partial charge in [-0.1, -0.05) is 35.9 Å². The summed E-state index contributed by atoms with van der Waals surface area (Å²) >= 11 is 0. The largest absolute Gasteiger partial charge is 0.469 e. The van der Waals surface area contributed by atoms with E-state index < -0.39 is 10.8 Å². The van der Waals surface area contributed by atoms with E-state index in [-0.39, 0.29) is 24.8 Å². The van der Waals surface area contributed by atoms with E-state index in [0.717, 1.165) is 28.9 Å². The van der Waals surface area contributed by atoms with E-state index in [4.69, 9.17) is 14.2 Å². The molecule has 3 atom stereocenters. The number of carbonyl (C=O) groups is 1. The molecular weight excluding hydrogens is 388 g/mol. The maximum absolute atomic E-state index is 12.7. The Morgan fingerprint density at radius 3 is 2.66 bits per heavy atom. The fourth-order valence-electron chi connectivity index (χ4n) is 3.07. The average Bonchev–Trinajstić information content (AvgIpc) is 2.81. The number of hydrogen-bond donors (Lipinski definition) is 0. The first-order valence-corrected chi connectivity index (χ1v) is 10.9. The highest BCUT2D eigenvalue weighted by molar-refractivity contribution is 7.88. The first kappa shape index (κ1) is 23.3. The van der Waals surface area contributed by atoms with Crippen LogP contribution >= 0.6 is 0 Å². The second kappa shape index (κ2) is 12.5. The monoisotopic (exact) mass is 418 g/mol. The fourth-order valence-corrected chi connectivity index (χ4v) is 3.92. The van der Waals surface area contributed by atoms with Crippen molar-refractivity contribution < 1.29 is 23.2 Å². The Morgan fingerprint density at radius 2 is 1.97 bits per heavy atom. The van der Waals surface area contributed by atoms with Gasteiger partial charge in [-0.3, -0.25) is 4.79 Å². The number of aryl methyl sites for hydroxylation is 1. The van der Waals surface area contributed by atoms with Gasteiger partial charge in [0.1, 0.15) is 6.79 Å². The van der Waals surface area contributed by atoms with Crippen LogP contribution in [0.3, 0.4) is 0 Å². The number of benzene rings is 1. The Kier molecular flexibility index (Phi) is 10.0. The summed E-state index contributed by atoms with van der Waals surface area (Å²) in [6, 6.07) is 7.63. The normalized spacial score (nSPS) is 24.0. The molecule has 0 fully saturated rings. The lowest BCUT2D eigenvalue weighted by Gasteiger charge is -2.19. The van der Waals surface area contributed by atoms with Crippen molar-refractivity contribution >= 4 is 16.8 Å². The molecule has 1 unspecified atom stereocenters. The Balaban J connectivity index is 2.28. The van der Waals surface area contributed by atoms with E-state index in [1.165, 1.54) is 7.11 Å². The average molecular weight is 419 g/mol. The maximum Gasteiger partial charge on any atom is 0.306 e. The second-order valence-corrected chi connectivity index (χ2v) is 8.30. The lowest BCUT2D eigenvalue weighted by Crippen LogP contribution is -2.17. The first-order chi connectivity index (χ1) is 14.0. The van der Waals surface area contributed by atoms with Crippen LogP contribution in [-0.4, -0.2) is 37.3 Å². The lowest BCUT2D eigenvalue weighted by atomic mass is 9.95. The van der Waals surface area contributed by atoms with Gasteiger partial charge in [-0.2, -0.15) is 0 Å². The quantitative estimate of drug-likeness (QED) is 0.355. The molecule has 0 spiro atoms. The van der Waals surface area contributed by atoms with Gasteiger partial charge in [0.15, 0.2) is 0 Å². The van der Waals surface area contributed by atoms with Gasteiger partial charge in [-0.05, 0) is 55.9 Å². The van der Waals surface area contributed by atoms with Crippen molar-refractivity contribution in [3.63, 3.8) is 0 Å². The lowest BCUT2D eigenvalue weighted by molar-refractivity contribution is -0.141. The molecule has 6 heteroatoms. The van der Waals surface area contributed by atoms with Crippen LogP contribution in [0.4, 0.5) is 0 Å². The van der Waals surface area contributed by atoms with E-state index in [0.29, 0.717) is 12.8 Å². The third kappa shape index (κ3) is 8.09. The SMILES string of the molecule is COCO[C@@H]1C/C=C\CC[C@H](CC(=O)OC)/C=C1/C=C\S(=O)c1ccc(C)cc1. The van der Waals surface area contributed by atoms with Gasteiger partial charge in [0.05, 0.1) is 30.4 Å². The predicted octanol–water partition coefficient (Wildman–Crippen LogP) is 4.45. The van der Waals surface area contributed by atoms with Crippen molar-refractivity contribution in [2.75, 3.05) is 21.0 Å². The summed E-state index contributed by atoms with van der Waals surface area (Å²) in [6.07, 6.45) is 10.5. The Morgan fingerprint density at radius 1 is 1.21 bits per heavy atom. The molecule has 1 aromatic rings. The molecule has 0 saturated heterocycles. The maximum atomic E-state index is 12.7. The van der Waals surface area contributed by atoms with Crippen LogP contribution in [0.2, 0.25) is 0 Å². The van der Waals surface area contributed by atoms with Crippen LogP contribution in [0.15, 0.2) is 64.4 Å². The molecule has 0 saturated carbocycles. The van der Waals surface area contributed by atoms with Crippen LogP contribution in [0.5, 0.6) is 0 Å². The van der Waals surface area contributed by atoms with E-state index in [2.05, 4.69) is 12.2 Å². The van der Waals surface area contributed by atoms with Gasteiger partial charge in [-0.25, -0.2) is 4.21 Å². The highest BCUT2D eigenvalue weighted by atomic mass is 32.2. The molecule has 5 nitrogen and oxygen atoms in total. The zero-order valence-electron chi connectivity index (χ0n) is 17.3. The second-order valence-electron chi connectivity index (χ2n) is 6.97. The van der Waals surface area contributed by atoms with Gasteiger partial charge >= 0.3 is 5.97 Å². The molecule has 1 aliphatic rings. The molecule has 0 heterocycles. The van der Waals surface area contributed by atoms with Gasteiger partial charge in [0, 0.05) is 17.4 Å². The predicted molar refractivity (Wildman–Crippen MR) is 115 cm³/mol. The van der Waals surface area contributed by atoms with Crippen molar-refractivity contribution in [3.8, 4) is 0 Å². The molecule has 1 aromatic carbocycles. The Bertz CT molecular complexity index is 764. The van der Waals surface area contributed by atoms with Crippen LogP contribution in [0, 0.1) is 12.8 Å². The highest BCUT2D eigenvalue weighted by Crippen LogP contribution is 2.24. The minimum Gasteiger partial charge on any atom is -0.469 e. The summed E-state index contributed by atoms with van der Waals surface area (Å²) in [6.45, 7) is 2.16. The number of esters is 1. The van der Waals surface area contributed by atoms with Crippen molar-refractivity contribution in [2.45, 2.75) is 43.6 Å². The molecule has 2 rings (SSSR count). The highest BCUT2D eigenvalue weighted by Gasteiger charge is 2.18. The Labute approximate surface area is 175 Å². The zero-order valence-corrected chi connectivity index (χ0v) is 18.2. The van der Waals surface area contributed by atoms with Crippen molar-refractivity contribution in [2.24, 2.45) is 5.92 Å². The molecule has 1 aliphatic carbocycles. The summed E-state index contributed by atoms with van der Waals surface area (Å²) in [5.74, 6) is -0.221. The summed E-state index contributed by atoms with van der Waals surface area (Å²) < 4.78 is 28.5. The van der Waals surface area contributed by atoms with Gasteiger partial charge < -0.3 is 14.2 Å². The Hall–Kier alpha value is -2.02. The number of hydrogen-bond acceptors (Lipinski definition) is 5. The molecule has 0 N–H and O–H groups in total. The third-order valence-electron chi connectivity index (χ3n) is 4.70. The molecule has 0 amide bonds. The number of carbonyl (C=O) groups excluding carboxylic acids is 1. The van der Waals surface area contributed by atoms with Crippen LogP contribution < -0.4 is 0 Å². The summed E-state index contributed by atoms with van der Waals surface area (Å²) in [7, 11) is 1.71. The van der Waals surface area contributed by atoms with Gasteiger partial charge in [0.2, 0.25) is 0 Å². The van der Waals surface area contributed by atoms with Crippen molar-refractivity contribution in [1.82, 2.24) is 0 Å². The van der Waals surface area contributed by atoms with Crippen molar-refractivity contribution in [1.29, 1.82) is 0 Å². The first-order valence-electron chi connectivity index (χ1n) is 9.73. The molecule has 0 bridgehead atoms. The number of ether oxygens (including phenoxy) is 3. The third-order valence-corrected chi connectivity index (χ3v) is 5.82. The van der Waals surface area contributed by atoms with Crippen LogP contribution in [0.1, 0.15) is 31.2 Å². The minimum atomic E-state index is -1.27. The van der Waals surface area contributed by atoms with E-state index in [1.54, 1.807) is 12.5 Å². The molecular formula is C23H30O5S. The molecule has 0 radical (unpaired) electrons. The molecule has 158 valence electrons. The van der Waals surface area contributed by atoms with E-state index >= 15 is 0 Å². The number of rotatable bonds is 8. The topological polar surface area (TPSA) is 61.8 Å². The van der Waals surface area contributed by atoms with Gasteiger partial charge in [-0.15, -0.1) is 0 Å². The molecule has 0 aromatic heterocycles. The van der Waals surface area contributed by atoms with E-state index in [1.807, 2.05) is 43.3 Å². The van der Waals surface area contributed by atoms with Crippen LogP contribution in [0.25, 0.3) is 0 Å². The van der Waals surface area contributed by atoms with Crippen molar-refractivity contribution in [3.05, 3.63) is 65.1 Å². The fraction of sp³-hybridized carbons (Fsp3) is 0.435. The standard InChI is InChI=1S/C23H30O5S/c1-18-9-11-21(12-10-18)29(25)14-13-20-15-19(16-23(24)27-3)7-5-4-6-8-22(20)28-17-26-2/h4,6,9-15,19,22H,5,7-8,16-17H2,1-3H3/b6-4-,14-13-,20-15-/t19-,22+,29?/m0/s1. The molecule has 29 heavy (non-hydrogen) atoms. The van der Waals surface area contributed by atoms with Crippen LogP contribution in [-0.2, 0) is 29.8 Å². The summed E-state index contributed by atoms with van der Waals surface area (Å²) in [5, 5.41) is 1.68. The molecule has 0 aliphatic heterocycles. The minimum absolute atomic E-state index is 0.0197. The zero-order chi connectivity index (χ0) is 21.1. The summed E-state index contributed by atoms with van der Waals surface area (Å²) in [4.78, 5) is 12.6. The van der Waals surface area contributed by atoms with E-state index in [9.17, 15) is 9.00 Å². The number of allylic oxidation sites excluding steroid dienone is 2.